The Hall–Kier alpha value is -2.12. The summed E-state index contributed by atoms with van der Waals surface area (Å²) in [6, 6.07) is 10.1. The maximum absolute atomic E-state index is 13.7. The standard InChI is InChI=1S/C16H18FNO4S/c1-12-3-8-15(17)16(11-12)18-23(19,20)14-6-4-13(5-7-14)22-10-9-21-2/h3-8,11,18H,9-10H2,1-2H3. The second kappa shape index (κ2) is 7.43. The van der Waals surface area contributed by atoms with Crippen molar-refractivity contribution in [2.45, 2.75) is 11.8 Å². The number of halogens is 1. The van der Waals surface area contributed by atoms with Crippen LogP contribution >= 0.6 is 0 Å². The Bertz CT molecular complexity index is 760. The molecule has 0 aliphatic heterocycles. The lowest BCUT2D eigenvalue weighted by molar-refractivity contribution is 0.146. The summed E-state index contributed by atoms with van der Waals surface area (Å²) < 4.78 is 50.8. The van der Waals surface area contributed by atoms with E-state index < -0.39 is 15.8 Å². The summed E-state index contributed by atoms with van der Waals surface area (Å²) in [6.07, 6.45) is 0. The maximum Gasteiger partial charge on any atom is 0.261 e. The average Bonchev–Trinajstić information content (AvgIpc) is 2.51. The molecule has 0 heterocycles. The fraction of sp³-hybridized carbons (Fsp3) is 0.250. The summed E-state index contributed by atoms with van der Waals surface area (Å²) in [4.78, 5) is 0.0255. The normalized spacial score (nSPS) is 11.3. The summed E-state index contributed by atoms with van der Waals surface area (Å²) in [5, 5.41) is 0. The summed E-state index contributed by atoms with van der Waals surface area (Å²) >= 11 is 0. The monoisotopic (exact) mass is 339 g/mol. The van der Waals surface area contributed by atoms with Gasteiger partial charge in [0.1, 0.15) is 18.2 Å². The van der Waals surface area contributed by atoms with Crippen molar-refractivity contribution in [3.8, 4) is 5.75 Å². The van der Waals surface area contributed by atoms with Gasteiger partial charge in [0.05, 0.1) is 17.2 Å². The second-order valence-corrected chi connectivity index (χ2v) is 6.58. The number of nitrogens with one attached hydrogen (secondary N) is 1. The Labute approximate surface area is 135 Å². The first-order valence-corrected chi connectivity index (χ1v) is 8.41. The van der Waals surface area contributed by atoms with Crippen molar-refractivity contribution in [3.63, 3.8) is 0 Å². The van der Waals surface area contributed by atoms with Crippen LogP contribution < -0.4 is 9.46 Å². The van der Waals surface area contributed by atoms with Crippen LogP contribution in [0.2, 0.25) is 0 Å². The molecule has 0 radical (unpaired) electrons. The third-order valence-corrected chi connectivity index (χ3v) is 4.44. The van der Waals surface area contributed by atoms with Gasteiger partial charge >= 0.3 is 0 Å². The first-order chi connectivity index (χ1) is 10.9. The zero-order valence-corrected chi connectivity index (χ0v) is 13.7. The van der Waals surface area contributed by atoms with Crippen LogP contribution in [0.3, 0.4) is 0 Å². The van der Waals surface area contributed by atoms with Crippen molar-refractivity contribution in [2.75, 3.05) is 25.0 Å². The van der Waals surface area contributed by atoms with Crippen molar-refractivity contribution in [2.24, 2.45) is 0 Å². The minimum Gasteiger partial charge on any atom is -0.491 e. The highest BCUT2D eigenvalue weighted by atomic mass is 32.2. The topological polar surface area (TPSA) is 64.6 Å². The molecule has 124 valence electrons. The molecule has 2 aromatic rings. The minimum absolute atomic E-state index is 0.0255. The molecule has 0 amide bonds. The number of hydrogen-bond donors (Lipinski definition) is 1. The molecule has 0 aromatic heterocycles. The molecule has 2 rings (SSSR count). The van der Waals surface area contributed by atoms with Gasteiger partial charge in [0, 0.05) is 7.11 Å². The van der Waals surface area contributed by atoms with Gasteiger partial charge in [0.25, 0.3) is 10.0 Å². The van der Waals surface area contributed by atoms with E-state index in [1.54, 1.807) is 20.1 Å². The van der Waals surface area contributed by atoms with E-state index in [-0.39, 0.29) is 10.6 Å². The molecule has 0 spiro atoms. The Morgan fingerprint density at radius 2 is 1.78 bits per heavy atom. The molecule has 0 aliphatic carbocycles. The average molecular weight is 339 g/mol. The first kappa shape index (κ1) is 17.2. The smallest absolute Gasteiger partial charge is 0.261 e. The van der Waals surface area contributed by atoms with Gasteiger partial charge in [-0.1, -0.05) is 6.07 Å². The highest BCUT2D eigenvalue weighted by Crippen LogP contribution is 2.22. The summed E-state index contributed by atoms with van der Waals surface area (Å²) in [7, 11) is -2.30. The molecule has 0 bridgehead atoms. The van der Waals surface area contributed by atoms with Crippen LogP contribution in [-0.4, -0.2) is 28.7 Å². The Balaban J connectivity index is 2.14. The zero-order valence-electron chi connectivity index (χ0n) is 12.9. The molecule has 5 nitrogen and oxygen atoms in total. The van der Waals surface area contributed by atoms with E-state index in [0.717, 1.165) is 5.56 Å². The fourth-order valence-electron chi connectivity index (χ4n) is 1.88. The molecule has 0 saturated carbocycles. The third-order valence-electron chi connectivity index (χ3n) is 3.06. The summed E-state index contributed by atoms with van der Waals surface area (Å²) in [5.41, 5.74) is 0.677. The predicted molar refractivity (Wildman–Crippen MR) is 85.8 cm³/mol. The van der Waals surface area contributed by atoms with Crippen LogP contribution in [-0.2, 0) is 14.8 Å². The van der Waals surface area contributed by atoms with Crippen LogP contribution in [0.5, 0.6) is 5.75 Å². The van der Waals surface area contributed by atoms with E-state index in [0.29, 0.717) is 19.0 Å². The number of aryl methyl sites for hydroxylation is 1. The molecular weight excluding hydrogens is 321 g/mol. The zero-order chi connectivity index (χ0) is 16.9. The number of hydrogen-bond acceptors (Lipinski definition) is 4. The molecule has 1 N–H and O–H groups in total. The highest BCUT2D eigenvalue weighted by Gasteiger charge is 2.16. The third kappa shape index (κ3) is 4.67. The predicted octanol–water partition coefficient (Wildman–Crippen LogP) is 2.96. The number of anilines is 1. The lowest BCUT2D eigenvalue weighted by atomic mass is 10.2. The van der Waals surface area contributed by atoms with E-state index in [4.69, 9.17) is 9.47 Å². The van der Waals surface area contributed by atoms with Crippen LogP contribution in [0.25, 0.3) is 0 Å². The molecule has 23 heavy (non-hydrogen) atoms. The van der Waals surface area contributed by atoms with Crippen molar-refractivity contribution in [1.82, 2.24) is 0 Å². The van der Waals surface area contributed by atoms with Gasteiger partial charge in [-0.15, -0.1) is 0 Å². The molecular formula is C16H18FNO4S. The van der Waals surface area contributed by atoms with Crippen molar-refractivity contribution >= 4 is 15.7 Å². The molecule has 0 saturated heterocycles. The van der Waals surface area contributed by atoms with Crippen LogP contribution in [0.1, 0.15) is 5.56 Å². The maximum atomic E-state index is 13.7. The largest absolute Gasteiger partial charge is 0.491 e. The van der Waals surface area contributed by atoms with E-state index >= 15 is 0 Å². The van der Waals surface area contributed by atoms with Gasteiger partial charge in [0.15, 0.2) is 0 Å². The number of rotatable bonds is 7. The van der Waals surface area contributed by atoms with Crippen molar-refractivity contribution < 1.29 is 22.3 Å². The Kier molecular flexibility index (Phi) is 5.57. The van der Waals surface area contributed by atoms with Crippen LogP contribution in [0.4, 0.5) is 10.1 Å². The molecule has 0 atom stereocenters. The van der Waals surface area contributed by atoms with Crippen molar-refractivity contribution in [3.05, 3.63) is 53.8 Å². The van der Waals surface area contributed by atoms with E-state index in [1.165, 1.54) is 36.4 Å². The SMILES string of the molecule is COCCOc1ccc(S(=O)(=O)Nc2cc(C)ccc2F)cc1. The van der Waals surface area contributed by atoms with E-state index in [2.05, 4.69) is 4.72 Å². The van der Waals surface area contributed by atoms with Gasteiger partial charge in [0.2, 0.25) is 0 Å². The van der Waals surface area contributed by atoms with Crippen LogP contribution in [0.15, 0.2) is 47.4 Å². The molecule has 0 aliphatic rings. The number of methoxy groups -OCH3 is 1. The number of ether oxygens (including phenoxy) is 2. The Morgan fingerprint density at radius 3 is 2.43 bits per heavy atom. The Morgan fingerprint density at radius 1 is 1.09 bits per heavy atom. The van der Waals surface area contributed by atoms with Gasteiger partial charge in [-0.05, 0) is 48.9 Å². The molecule has 7 heteroatoms. The lowest BCUT2D eigenvalue weighted by Gasteiger charge is -2.10. The summed E-state index contributed by atoms with van der Waals surface area (Å²) in [5.74, 6) is -0.0959. The van der Waals surface area contributed by atoms with Crippen LogP contribution in [0, 0.1) is 12.7 Å². The van der Waals surface area contributed by atoms with E-state index in [1.807, 2.05) is 0 Å². The van der Waals surface area contributed by atoms with Crippen molar-refractivity contribution in [1.29, 1.82) is 0 Å². The molecule has 0 fully saturated rings. The lowest BCUT2D eigenvalue weighted by Crippen LogP contribution is -2.14. The van der Waals surface area contributed by atoms with E-state index in [9.17, 15) is 12.8 Å². The summed E-state index contributed by atoms with van der Waals surface area (Å²) in [6.45, 7) is 2.56. The van der Waals surface area contributed by atoms with Gasteiger partial charge < -0.3 is 9.47 Å². The van der Waals surface area contributed by atoms with Gasteiger partial charge in [-0.2, -0.15) is 0 Å². The number of sulfonamides is 1. The quantitative estimate of drug-likeness (QED) is 0.788. The molecule has 0 unspecified atom stereocenters. The second-order valence-electron chi connectivity index (χ2n) is 4.90. The first-order valence-electron chi connectivity index (χ1n) is 6.93. The molecule has 2 aromatic carbocycles. The minimum atomic E-state index is -3.86. The highest BCUT2D eigenvalue weighted by molar-refractivity contribution is 7.92. The number of benzene rings is 2. The fourth-order valence-corrected chi connectivity index (χ4v) is 2.94. The van der Waals surface area contributed by atoms with Gasteiger partial charge in [-0.25, -0.2) is 12.8 Å². The van der Waals surface area contributed by atoms with Gasteiger partial charge in [-0.3, -0.25) is 4.72 Å².